The lowest BCUT2D eigenvalue weighted by molar-refractivity contribution is -0.112. The van der Waals surface area contributed by atoms with Crippen LogP contribution in [0.1, 0.15) is 25.3 Å². The minimum absolute atomic E-state index is 0.0692. The van der Waals surface area contributed by atoms with Gasteiger partial charge in [-0.05, 0) is 37.3 Å². The van der Waals surface area contributed by atoms with Crippen molar-refractivity contribution in [3.8, 4) is 0 Å². The maximum Gasteiger partial charge on any atom is 0.410 e. The number of amides is 1. The van der Waals surface area contributed by atoms with Crippen LogP contribution >= 0.6 is 0 Å². The van der Waals surface area contributed by atoms with E-state index in [2.05, 4.69) is 0 Å². The Labute approximate surface area is 125 Å². The maximum atomic E-state index is 12.0. The zero-order valence-corrected chi connectivity index (χ0v) is 12.3. The number of rotatable bonds is 4. The molecule has 1 aromatic carbocycles. The molecule has 1 fully saturated rings. The third-order valence-electron chi connectivity index (χ3n) is 3.61. The number of benzene rings is 1. The molecule has 4 nitrogen and oxygen atoms in total. The van der Waals surface area contributed by atoms with Crippen LogP contribution in [0.2, 0.25) is 0 Å². The summed E-state index contributed by atoms with van der Waals surface area (Å²) in [6.07, 6.45) is 5.07. The number of ether oxygens (including phenoxy) is 1. The molecule has 0 aliphatic carbocycles. The van der Waals surface area contributed by atoms with Crippen LogP contribution in [0.3, 0.4) is 0 Å². The zero-order valence-electron chi connectivity index (χ0n) is 12.3. The molecule has 112 valence electrons. The van der Waals surface area contributed by atoms with Crippen LogP contribution in [-0.4, -0.2) is 29.9 Å². The van der Waals surface area contributed by atoms with Crippen molar-refractivity contribution >= 4 is 11.9 Å². The van der Waals surface area contributed by atoms with Gasteiger partial charge < -0.3 is 9.64 Å². The fourth-order valence-corrected chi connectivity index (χ4v) is 2.36. The zero-order chi connectivity index (χ0) is 15.1. The molecule has 0 saturated carbocycles. The molecule has 1 aliphatic rings. The van der Waals surface area contributed by atoms with Gasteiger partial charge in [0.05, 0.1) is 0 Å². The molecule has 0 aromatic heterocycles. The fraction of sp³-hybridized carbons (Fsp3) is 0.412. The van der Waals surface area contributed by atoms with E-state index in [1.807, 2.05) is 36.4 Å². The Morgan fingerprint density at radius 3 is 2.52 bits per heavy atom. The summed E-state index contributed by atoms with van der Waals surface area (Å²) in [5, 5.41) is 0. The molecule has 1 heterocycles. The molecule has 1 amide bonds. The van der Waals surface area contributed by atoms with E-state index < -0.39 is 0 Å². The van der Waals surface area contributed by atoms with Gasteiger partial charge in [-0.3, -0.25) is 4.79 Å². The predicted molar refractivity (Wildman–Crippen MR) is 80.7 cm³/mol. The first-order chi connectivity index (χ1) is 10.1. The summed E-state index contributed by atoms with van der Waals surface area (Å²) in [5.74, 6) is 0.451. The van der Waals surface area contributed by atoms with Crippen LogP contribution in [0, 0.1) is 5.92 Å². The first-order valence-corrected chi connectivity index (χ1v) is 7.29. The largest absolute Gasteiger partial charge is 0.445 e. The summed E-state index contributed by atoms with van der Waals surface area (Å²) < 4.78 is 5.32. The van der Waals surface area contributed by atoms with Gasteiger partial charge in [0, 0.05) is 13.1 Å². The van der Waals surface area contributed by atoms with Crippen molar-refractivity contribution in [2.75, 3.05) is 13.1 Å². The third-order valence-corrected chi connectivity index (χ3v) is 3.61. The molecule has 0 atom stereocenters. The summed E-state index contributed by atoms with van der Waals surface area (Å²) in [7, 11) is 0. The molecular weight excluding hydrogens is 266 g/mol. The van der Waals surface area contributed by atoms with E-state index in [-0.39, 0.29) is 11.9 Å². The van der Waals surface area contributed by atoms with Crippen LogP contribution in [0.15, 0.2) is 42.5 Å². The molecule has 0 radical (unpaired) electrons. The monoisotopic (exact) mass is 287 g/mol. The quantitative estimate of drug-likeness (QED) is 0.799. The maximum absolute atomic E-state index is 12.0. The first-order valence-electron chi connectivity index (χ1n) is 7.29. The highest BCUT2D eigenvalue weighted by Crippen LogP contribution is 2.19. The average Bonchev–Trinajstić information content (AvgIpc) is 2.52. The highest BCUT2D eigenvalue weighted by atomic mass is 16.6. The molecular formula is C17H21NO3. The van der Waals surface area contributed by atoms with E-state index >= 15 is 0 Å². The first kappa shape index (κ1) is 15.3. The van der Waals surface area contributed by atoms with E-state index in [1.54, 1.807) is 17.9 Å². The van der Waals surface area contributed by atoms with Crippen LogP contribution in [0.4, 0.5) is 4.79 Å². The second-order valence-corrected chi connectivity index (χ2v) is 5.33. The molecule has 1 aliphatic heterocycles. The van der Waals surface area contributed by atoms with Crippen molar-refractivity contribution in [2.45, 2.75) is 26.4 Å². The van der Waals surface area contributed by atoms with E-state index in [0.29, 0.717) is 25.6 Å². The highest BCUT2D eigenvalue weighted by molar-refractivity contribution is 5.87. The summed E-state index contributed by atoms with van der Waals surface area (Å²) >= 11 is 0. The van der Waals surface area contributed by atoms with Gasteiger partial charge in [0.2, 0.25) is 0 Å². The van der Waals surface area contributed by atoms with Crippen molar-refractivity contribution in [1.29, 1.82) is 0 Å². The topological polar surface area (TPSA) is 46.6 Å². The molecule has 0 bridgehead atoms. The number of ketones is 1. The second kappa shape index (κ2) is 7.62. The number of carbonyl (C=O) groups is 2. The lowest BCUT2D eigenvalue weighted by atomic mass is 9.96. The summed E-state index contributed by atoms with van der Waals surface area (Å²) in [5.41, 5.74) is 0.991. The molecule has 1 saturated heterocycles. The minimum atomic E-state index is -0.257. The summed E-state index contributed by atoms with van der Waals surface area (Å²) in [6.45, 7) is 3.22. The van der Waals surface area contributed by atoms with Crippen molar-refractivity contribution in [3.05, 3.63) is 48.0 Å². The van der Waals surface area contributed by atoms with Crippen LogP contribution in [0.25, 0.3) is 0 Å². The van der Waals surface area contributed by atoms with Gasteiger partial charge in [0.25, 0.3) is 0 Å². The Kier molecular flexibility index (Phi) is 5.55. The van der Waals surface area contributed by atoms with Gasteiger partial charge in [-0.2, -0.15) is 0 Å². The van der Waals surface area contributed by atoms with E-state index in [9.17, 15) is 9.59 Å². The van der Waals surface area contributed by atoms with Crippen LogP contribution in [0.5, 0.6) is 0 Å². The number of allylic oxidation sites excluding steroid dienone is 2. The van der Waals surface area contributed by atoms with Crippen molar-refractivity contribution in [2.24, 2.45) is 5.92 Å². The van der Waals surface area contributed by atoms with Gasteiger partial charge in [-0.1, -0.05) is 36.4 Å². The molecule has 4 heteroatoms. The van der Waals surface area contributed by atoms with Gasteiger partial charge in [-0.25, -0.2) is 4.79 Å². The van der Waals surface area contributed by atoms with Crippen molar-refractivity contribution in [3.63, 3.8) is 0 Å². The second-order valence-electron chi connectivity index (χ2n) is 5.33. The summed E-state index contributed by atoms with van der Waals surface area (Å²) in [6, 6.07) is 9.66. The van der Waals surface area contributed by atoms with Crippen LogP contribution < -0.4 is 0 Å². The normalized spacial score (nSPS) is 16.1. The molecule has 0 unspecified atom stereocenters. The van der Waals surface area contributed by atoms with Gasteiger partial charge >= 0.3 is 6.09 Å². The molecule has 0 spiro atoms. The molecule has 1 aromatic rings. The van der Waals surface area contributed by atoms with Crippen molar-refractivity contribution in [1.82, 2.24) is 4.90 Å². The Hall–Kier alpha value is -2.10. The highest BCUT2D eigenvalue weighted by Gasteiger charge is 2.22. The Bertz CT molecular complexity index is 502. The molecule has 21 heavy (non-hydrogen) atoms. The number of hydrogen-bond acceptors (Lipinski definition) is 3. The Balaban J connectivity index is 1.74. The standard InChI is InChI=1S/C17H21NO3/c1-14(19)7-8-15-9-11-18(12-10-15)17(20)21-13-16-5-3-2-4-6-16/h2-8,15H,9-13H2,1H3/b8-7+. The number of hydrogen-bond donors (Lipinski definition) is 0. The predicted octanol–water partition coefficient (Wildman–Crippen LogP) is 3.18. The Morgan fingerprint density at radius 1 is 1.24 bits per heavy atom. The SMILES string of the molecule is CC(=O)/C=C/C1CCN(C(=O)OCc2ccccc2)CC1. The smallest absolute Gasteiger partial charge is 0.410 e. The lowest BCUT2D eigenvalue weighted by Crippen LogP contribution is -2.38. The van der Waals surface area contributed by atoms with E-state index in [0.717, 1.165) is 18.4 Å². The fourth-order valence-electron chi connectivity index (χ4n) is 2.36. The number of nitrogens with zero attached hydrogens (tertiary/aromatic N) is 1. The van der Waals surface area contributed by atoms with Crippen LogP contribution in [-0.2, 0) is 16.1 Å². The van der Waals surface area contributed by atoms with E-state index in [1.165, 1.54) is 0 Å². The van der Waals surface area contributed by atoms with Gasteiger partial charge in [0.1, 0.15) is 6.61 Å². The van der Waals surface area contributed by atoms with Gasteiger partial charge in [-0.15, -0.1) is 0 Å². The minimum Gasteiger partial charge on any atom is -0.445 e. The summed E-state index contributed by atoms with van der Waals surface area (Å²) in [4.78, 5) is 24.6. The van der Waals surface area contributed by atoms with Crippen molar-refractivity contribution < 1.29 is 14.3 Å². The average molecular weight is 287 g/mol. The Morgan fingerprint density at radius 2 is 1.90 bits per heavy atom. The molecule has 2 rings (SSSR count). The van der Waals surface area contributed by atoms with E-state index in [4.69, 9.17) is 4.74 Å². The number of likely N-dealkylation sites (tertiary alicyclic amines) is 1. The lowest BCUT2D eigenvalue weighted by Gasteiger charge is -2.29. The number of piperidine rings is 1. The van der Waals surface area contributed by atoms with Gasteiger partial charge in [0.15, 0.2) is 5.78 Å². The third kappa shape index (κ3) is 5.06. The number of carbonyl (C=O) groups excluding carboxylic acids is 2. The molecule has 0 N–H and O–H groups in total.